The van der Waals surface area contributed by atoms with Gasteiger partial charge in [-0.3, -0.25) is 4.84 Å². The zero-order chi connectivity index (χ0) is 18.6. The molecule has 5 nitrogen and oxygen atoms in total. The largest absolute Gasteiger partial charge is 0.416 e. The van der Waals surface area contributed by atoms with Crippen LogP contribution >= 0.6 is 11.6 Å². The van der Waals surface area contributed by atoms with Gasteiger partial charge in [0.2, 0.25) is 0 Å². The first-order chi connectivity index (χ1) is 11.7. The maximum absolute atomic E-state index is 12.7. The van der Waals surface area contributed by atoms with Crippen LogP contribution in [0.15, 0.2) is 48.5 Å². The predicted molar refractivity (Wildman–Crippen MR) is 86.2 cm³/mol. The topological polar surface area (TPSA) is 42.0 Å². The summed E-state index contributed by atoms with van der Waals surface area (Å²) in [6.45, 7) is 0. The molecule has 2 amide bonds. The summed E-state index contributed by atoms with van der Waals surface area (Å²) in [5, 5.41) is 1.46. The zero-order valence-electron chi connectivity index (χ0n) is 13.2. The number of halogens is 4. The third kappa shape index (κ3) is 4.55. The van der Waals surface area contributed by atoms with Crippen LogP contribution in [0.3, 0.4) is 0 Å². The minimum atomic E-state index is -4.53. The first-order valence-electron chi connectivity index (χ1n) is 6.95. The molecule has 0 fully saturated rings. The summed E-state index contributed by atoms with van der Waals surface area (Å²) in [6.07, 6.45) is -4.53. The molecule has 25 heavy (non-hydrogen) atoms. The summed E-state index contributed by atoms with van der Waals surface area (Å²) in [5.74, 6) is -0.114. The number of carbonyl (C=O) groups is 1. The number of para-hydroxylation sites is 1. The second kappa shape index (κ2) is 7.62. The number of amides is 2. The molecular formula is C16H14ClF3N2O3. The van der Waals surface area contributed by atoms with Gasteiger partial charge in [-0.2, -0.15) is 13.2 Å². The quantitative estimate of drug-likeness (QED) is 0.724. The van der Waals surface area contributed by atoms with Crippen LogP contribution in [0.25, 0.3) is 0 Å². The molecule has 0 atom stereocenters. The van der Waals surface area contributed by atoms with Crippen molar-refractivity contribution in [1.29, 1.82) is 0 Å². The molecular weight excluding hydrogens is 361 g/mol. The molecule has 0 radical (unpaired) electrons. The van der Waals surface area contributed by atoms with Crippen molar-refractivity contribution in [3.8, 4) is 5.75 Å². The fourth-order valence-electron chi connectivity index (χ4n) is 1.82. The predicted octanol–water partition coefficient (Wildman–Crippen LogP) is 4.77. The van der Waals surface area contributed by atoms with Crippen LogP contribution in [0.2, 0.25) is 5.02 Å². The van der Waals surface area contributed by atoms with E-state index < -0.39 is 17.8 Å². The number of hydrogen-bond acceptors (Lipinski definition) is 3. The van der Waals surface area contributed by atoms with Gasteiger partial charge in [-0.25, -0.2) is 9.86 Å². The van der Waals surface area contributed by atoms with Crippen LogP contribution in [0.5, 0.6) is 5.75 Å². The van der Waals surface area contributed by atoms with Gasteiger partial charge in [-0.05, 0) is 30.3 Å². The number of anilines is 1. The van der Waals surface area contributed by atoms with E-state index in [4.69, 9.17) is 21.3 Å². The van der Waals surface area contributed by atoms with E-state index in [1.54, 1.807) is 30.3 Å². The van der Waals surface area contributed by atoms with Crippen molar-refractivity contribution in [2.45, 2.75) is 6.18 Å². The highest BCUT2D eigenvalue weighted by Gasteiger charge is 2.31. The molecule has 9 heteroatoms. The molecule has 0 aromatic heterocycles. The Morgan fingerprint density at radius 3 is 2.28 bits per heavy atom. The fraction of sp³-hybridized carbons (Fsp3) is 0.188. The standard InChI is InChI=1S/C16H14ClF3N2O3/c1-21(24-2)15(23)22(12-6-4-3-5-7-12)25-14-9-8-11(10-13(14)17)16(18,19)20/h3-10H,1-2H3. The SMILES string of the molecule is CON(C)C(=O)N(Oc1ccc(C(F)(F)F)cc1Cl)c1ccccc1. The number of nitrogens with zero attached hydrogens (tertiary/aromatic N) is 2. The number of alkyl halides is 3. The fourth-order valence-corrected chi connectivity index (χ4v) is 2.04. The molecule has 0 saturated carbocycles. The average Bonchev–Trinajstić information content (AvgIpc) is 2.59. The van der Waals surface area contributed by atoms with Crippen molar-refractivity contribution < 1.29 is 27.6 Å². The van der Waals surface area contributed by atoms with Crippen LogP contribution < -0.4 is 9.90 Å². The van der Waals surface area contributed by atoms with Crippen LogP contribution in [0, 0.1) is 0 Å². The van der Waals surface area contributed by atoms with Crippen molar-refractivity contribution in [3.05, 3.63) is 59.1 Å². The molecule has 0 aliphatic carbocycles. The minimum Gasteiger partial charge on any atom is -0.369 e. The minimum absolute atomic E-state index is 0.114. The van der Waals surface area contributed by atoms with E-state index in [0.717, 1.165) is 28.3 Å². The lowest BCUT2D eigenvalue weighted by Gasteiger charge is -2.26. The number of hydrogen-bond donors (Lipinski definition) is 0. The lowest BCUT2D eigenvalue weighted by atomic mass is 10.2. The molecule has 2 aromatic rings. The first kappa shape index (κ1) is 18.9. The third-order valence-corrected chi connectivity index (χ3v) is 3.45. The van der Waals surface area contributed by atoms with Gasteiger partial charge in [0, 0.05) is 7.05 Å². The average molecular weight is 375 g/mol. The van der Waals surface area contributed by atoms with Crippen molar-refractivity contribution >= 4 is 23.3 Å². The second-order valence-corrected chi connectivity index (χ2v) is 5.23. The Hall–Kier alpha value is -2.45. The number of rotatable bonds is 4. The van der Waals surface area contributed by atoms with Crippen LogP contribution in [-0.2, 0) is 11.0 Å². The van der Waals surface area contributed by atoms with Crippen LogP contribution in [0.4, 0.5) is 23.7 Å². The Balaban J connectivity index is 2.36. The molecule has 0 heterocycles. The van der Waals surface area contributed by atoms with E-state index in [9.17, 15) is 18.0 Å². The van der Waals surface area contributed by atoms with Crippen LogP contribution in [-0.4, -0.2) is 25.3 Å². The van der Waals surface area contributed by atoms with E-state index >= 15 is 0 Å². The Labute approximate surface area is 147 Å². The van der Waals surface area contributed by atoms with Gasteiger partial charge in [0.25, 0.3) is 0 Å². The number of hydroxylamine groups is 3. The van der Waals surface area contributed by atoms with Gasteiger partial charge in [0.05, 0.1) is 23.4 Å². The van der Waals surface area contributed by atoms with Gasteiger partial charge < -0.3 is 4.84 Å². The van der Waals surface area contributed by atoms with E-state index in [-0.39, 0.29) is 10.8 Å². The first-order valence-corrected chi connectivity index (χ1v) is 7.33. The molecule has 2 rings (SSSR count). The van der Waals surface area contributed by atoms with Gasteiger partial charge in [-0.1, -0.05) is 29.8 Å². The summed E-state index contributed by atoms with van der Waals surface area (Å²) in [7, 11) is 2.64. The Kier molecular flexibility index (Phi) is 5.76. The Morgan fingerprint density at radius 1 is 1.12 bits per heavy atom. The van der Waals surface area contributed by atoms with Gasteiger partial charge in [-0.15, -0.1) is 5.06 Å². The van der Waals surface area contributed by atoms with Crippen LogP contribution in [0.1, 0.15) is 5.56 Å². The monoisotopic (exact) mass is 374 g/mol. The Bertz CT molecular complexity index is 741. The number of urea groups is 1. The van der Waals surface area contributed by atoms with E-state index in [0.29, 0.717) is 5.69 Å². The van der Waals surface area contributed by atoms with Crippen molar-refractivity contribution in [3.63, 3.8) is 0 Å². The van der Waals surface area contributed by atoms with E-state index in [1.807, 2.05) is 0 Å². The highest BCUT2D eigenvalue weighted by Crippen LogP contribution is 2.35. The molecule has 0 spiro atoms. The lowest BCUT2D eigenvalue weighted by Crippen LogP contribution is -2.43. The van der Waals surface area contributed by atoms with E-state index in [1.165, 1.54) is 14.2 Å². The molecule has 0 unspecified atom stereocenters. The normalized spacial score (nSPS) is 11.1. The van der Waals surface area contributed by atoms with E-state index in [2.05, 4.69) is 0 Å². The highest BCUT2D eigenvalue weighted by atomic mass is 35.5. The molecule has 134 valence electrons. The highest BCUT2D eigenvalue weighted by molar-refractivity contribution is 6.32. The second-order valence-electron chi connectivity index (χ2n) is 4.83. The smallest absolute Gasteiger partial charge is 0.369 e. The molecule has 0 aliphatic rings. The molecule has 0 aliphatic heterocycles. The number of benzene rings is 2. The molecule has 0 N–H and O–H groups in total. The van der Waals surface area contributed by atoms with Gasteiger partial charge >= 0.3 is 12.2 Å². The van der Waals surface area contributed by atoms with Gasteiger partial charge in [0.15, 0.2) is 5.75 Å². The Morgan fingerprint density at radius 2 is 1.76 bits per heavy atom. The van der Waals surface area contributed by atoms with Gasteiger partial charge in [0.1, 0.15) is 0 Å². The zero-order valence-corrected chi connectivity index (χ0v) is 14.0. The maximum atomic E-state index is 12.7. The molecule has 0 bridgehead atoms. The summed E-state index contributed by atoms with van der Waals surface area (Å²) >= 11 is 5.88. The third-order valence-electron chi connectivity index (χ3n) is 3.16. The summed E-state index contributed by atoms with van der Waals surface area (Å²) in [4.78, 5) is 22.7. The number of carbonyl (C=O) groups excluding carboxylic acids is 1. The van der Waals surface area contributed by atoms with Crippen molar-refractivity contribution in [1.82, 2.24) is 5.06 Å². The molecule has 2 aromatic carbocycles. The summed E-state index contributed by atoms with van der Waals surface area (Å²) in [5.41, 5.74) is -0.580. The maximum Gasteiger partial charge on any atom is 0.416 e. The molecule has 0 saturated heterocycles. The lowest BCUT2D eigenvalue weighted by molar-refractivity contribution is -0.137. The van der Waals surface area contributed by atoms with Crippen molar-refractivity contribution in [2.75, 3.05) is 19.2 Å². The van der Waals surface area contributed by atoms with Crippen molar-refractivity contribution in [2.24, 2.45) is 0 Å². The summed E-state index contributed by atoms with van der Waals surface area (Å²) < 4.78 is 38.2. The summed E-state index contributed by atoms with van der Waals surface area (Å²) in [6, 6.07) is 10.1.